The normalized spacial score (nSPS) is 24.3. The van der Waals surface area contributed by atoms with Crippen LogP contribution in [0.3, 0.4) is 0 Å². The van der Waals surface area contributed by atoms with Crippen LogP contribution in [0.2, 0.25) is 0 Å². The smallest absolute Gasteiger partial charge is 0.410 e. The largest absolute Gasteiger partial charge is 0.444 e. The lowest BCUT2D eigenvalue weighted by molar-refractivity contribution is 0.00988. The van der Waals surface area contributed by atoms with Crippen LogP contribution in [0.5, 0.6) is 0 Å². The van der Waals surface area contributed by atoms with Crippen LogP contribution in [0.25, 0.3) is 0 Å². The highest BCUT2D eigenvalue weighted by Crippen LogP contribution is 2.23. The summed E-state index contributed by atoms with van der Waals surface area (Å²) in [6.45, 7) is 8.64. The quantitative estimate of drug-likeness (QED) is 0.857. The van der Waals surface area contributed by atoms with Crippen LogP contribution in [-0.2, 0) is 4.74 Å². The topological polar surface area (TPSA) is 41.6 Å². The van der Waals surface area contributed by atoms with Crippen molar-refractivity contribution in [2.45, 2.75) is 64.5 Å². The summed E-state index contributed by atoms with van der Waals surface area (Å²) in [5, 5.41) is 3.61. The van der Waals surface area contributed by atoms with Gasteiger partial charge < -0.3 is 15.0 Å². The molecule has 0 saturated carbocycles. The fraction of sp³-hybridized carbons (Fsp3) is 0.941. The van der Waals surface area contributed by atoms with Gasteiger partial charge in [-0.1, -0.05) is 0 Å². The fourth-order valence-electron chi connectivity index (χ4n) is 3.18. The minimum Gasteiger partial charge on any atom is -0.444 e. The Morgan fingerprint density at radius 1 is 1.18 bits per heavy atom. The van der Waals surface area contributed by atoms with E-state index in [1.807, 2.05) is 25.7 Å². The number of ether oxygens (including phenoxy) is 1. The van der Waals surface area contributed by atoms with Crippen molar-refractivity contribution in [2.24, 2.45) is 5.92 Å². The molecule has 2 saturated heterocycles. The zero-order valence-corrected chi connectivity index (χ0v) is 15.2. The molecule has 2 heterocycles. The zero-order chi connectivity index (χ0) is 16.0. The Labute approximate surface area is 139 Å². The molecule has 128 valence electrons. The highest BCUT2D eigenvalue weighted by atomic mass is 32.2. The predicted octanol–water partition coefficient (Wildman–Crippen LogP) is 3.51. The van der Waals surface area contributed by atoms with Gasteiger partial charge in [0.1, 0.15) is 5.60 Å². The van der Waals surface area contributed by atoms with E-state index in [9.17, 15) is 4.79 Å². The number of carbonyl (C=O) groups is 1. The second-order valence-electron chi connectivity index (χ2n) is 7.54. The summed E-state index contributed by atoms with van der Waals surface area (Å²) in [6.07, 6.45) is 5.91. The highest BCUT2D eigenvalue weighted by molar-refractivity contribution is 7.99. The van der Waals surface area contributed by atoms with E-state index in [1.165, 1.54) is 30.8 Å². The zero-order valence-electron chi connectivity index (χ0n) is 14.4. The van der Waals surface area contributed by atoms with Gasteiger partial charge in [-0.15, -0.1) is 0 Å². The monoisotopic (exact) mass is 328 g/mol. The number of thioether (sulfide) groups is 1. The van der Waals surface area contributed by atoms with Crippen molar-refractivity contribution in [2.75, 3.05) is 31.1 Å². The van der Waals surface area contributed by atoms with Crippen LogP contribution in [0, 0.1) is 5.92 Å². The minimum absolute atomic E-state index is 0.145. The number of hydrogen-bond acceptors (Lipinski definition) is 4. The molecular weight excluding hydrogens is 296 g/mol. The fourth-order valence-corrected chi connectivity index (χ4v) is 4.38. The van der Waals surface area contributed by atoms with Crippen LogP contribution in [0.1, 0.15) is 52.9 Å². The Hall–Kier alpha value is -0.420. The van der Waals surface area contributed by atoms with Crippen molar-refractivity contribution in [3.05, 3.63) is 0 Å². The molecule has 22 heavy (non-hydrogen) atoms. The Bertz CT molecular complexity index is 351. The molecule has 2 fully saturated rings. The maximum absolute atomic E-state index is 12.4. The molecule has 0 aromatic heterocycles. The molecule has 4 nitrogen and oxygen atoms in total. The highest BCUT2D eigenvalue weighted by Gasteiger charge is 2.30. The third-order valence-corrected chi connectivity index (χ3v) is 5.46. The molecule has 1 atom stereocenters. The summed E-state index contributed by atoms with van der Waals surface area (Å²) in [4.78, 5) is 14.3. The van der Waals surface area contributed by atoms with Crippen molar-refractivity contribution in [3.63, 3.8) is 0 Å². The van der Waals surface area contributed by atoms with Gasteiger partial charge in [0.25, 0.3) is 0 Å². The van der Waals surface area contributed by atoms with Crippen LogP contribution in [0.4, 0.5) is 4.79 Å². The average Bonchev–Trinajstić information content (AvgIpc) is 2.47. The first kappa shape index (κ1) is 17.9. The molecule has 1 amide bonds. The van der Waals surface area contributed by atoms with Crippen molar-refractivity contribution < 1.29 is 9.53 Å². The number of rotatable bonds is 4. The van der Waals surface area contributed by atoms with Gasteiger partial charge in [-0.05, 0) is 76.8 Å². The molecule has 0 aromatic carbocycles. The van der Waals surface area contributed by atoms with Crippen LogP contribution < -0.4 is 5.32 Å². The summed E-state index contributed by atoms with van der Waals surface area (Å²) < 4.78 is 5.56. The van der Waals surface area contributed by atoms with Crippen molar-refractivity contribution >= 4 is 17.9 Å². The Kier molecular flexibility index (Phi) is 6.87. The van der Waals surface area contributed by atoms with E-state index < -0.39 is 5.60 Å². The number of nitrogens with zero attached hydrogens (tertiary/aromatic N) is 1. The van der Waals surface area contributed by atoms with Gasteiger partial charge in [0.05, 0.1) is 0 Å². The lowest BCUT2D eigenvalue weighted by atomic mass is 10.0. The van der Waals surface area contributed by atoms with Gasteiger partial charge in [-0.25, -0.2) is 4.79 Å². The van der Waals surface area contributed by atoms with E-state index in [4.69, 9.17) is 4.74 Å². The maximum Gasteiger partial charge on any atom is 0.410 e. The third kappa shape index (κ3) is 5.99. The molecule has 0 aliphatic carbocycles. The minimum atomic E-state index is -0.410. The van der Waals surface area contributed by atoms with Gasteiger partial charge in [0, 0.05) is 19.1 Å². The lowest BCUT2D eigenvalue weighted by Gasteiger charge is -2.37. The van der Waals surface area contributed by atoms with E-state index in [0.717, 1.165) is 38.4 Å². The van der Waals surface area contributed by atoms with Gasteiger partial charge in [-0.3, -0.25) is 0 Å². The average molecular weight is 329 g/mol. The molecule has 1 N–H and O–H groups in total. The molecule has 0 aromatic rings. The SMILES string of the molecule is CC(C)(C)OC(=O)N1CCCCC1CNCC1CCSCC1. The van der Waals surface area contributed by atoms with Gasteiger partial charge in [-0.2, -0.15) is 11.8 Å². The molecule has 0 spiro atoms. The van der Waals surface area contributed by atoms with Gasteiger partial charge >= 0.3 is 6.09 Å². The first-order valence-electron chi connectivity index (χ1n) is 8.74. The summed E-state index contributed by atoms with van der Waals surface area (Å²) in [5.41, 5.74) is -0.410. The van der Waals surface area contributed by atoms with Crippen molar-refractivity contribution in [1.29, 1.82) is 0 Å². The Morgan fingerprint density at radius 2 is 1.91 bits per heavy atom. The Balaban J connectivity index is 1.77. The standard InChI is InChI=1S/C17H32N2O2S/c1-17(2,3)21-16(20)19-9-5-4-6-15(19)13-18-12-14-7-10-22-11-8-14/h14-15,18H,4-13H2,1-3H3. The molecule has 1 unspecified atom stereocenters. The molecule has 0 bridgehead atoms. The molecule has 2 rings (SSSR count). The maximum atomic E-state index is 12.4. The van der Waals surface area contributed by atoms with Crippen molar-refractivity contribution in [3.8, 4) is 0 Å². The Morgan fingerprint density at radius 3 is 2.59 bits per heavy atom. The van der Waals surface area contributed by atoms with E-state index in [0.29, 0.717) is 6.04 Å². The van der Waals surface area contributed by atoms with Crippen LogP contribution in [0.15, 0.2) is 0 Å². The van der Waals surface area contributed by atoms with E-state index >= 15 is 0 Å². The number of nitrogens with one attached hydrogen (secondary N) is 1. The molecule has 2 aliphatic heterocycles. The number of carbonyl (C=O) groups excluding carboxylic acids is 1. The molecule has 5 heteroatoms. The van der Waals surface area contributed by atoms with E-state index in [1.54, 1.807) is 0 Å². The third-order valence-electron chi connectivity index (χ3n) is 4.41. The second-order valence-corrected chi connectivity index (χ2v) is 8.76. The van der Waals surface area contributed by atoms with E-state index in [2.05, 4.69) is 17.1 Å². The summed E-state index contributed by atoms with van der Waals surface area (Å²) in [6, 6.07) is 0.293. The first-order valence-corrected chi connectivity index (χ1v) is 9.89. The number of amides is 1. The molecule has 2 aliphatic rings. The predicted molar refractivity (Wildman–Crippen MR) is 93.5 cm³/mol. The number of hydrogen-bond donors (Lipinski definition) is 1. The van der Waals surface area contributed by atoms with Crippen molar-refractivity contribution in [1.82, 2.24) is 10.2 Å². The number of piperidine rings is 1. The first-order chi connectivity index (χ1) is 10.5. The van der Waals surface area contributed by atoms with E-state index in [-0.39, 0.29) is 6.09 Å². The van der Waals surface area contributed by atoms with Crippen LogP contribution in [-0.4, -0.2) is 53.8 Å². The molecular formula is C17H32N2O2S. The summed E-state index contributed by atoms with van der Waals surface area (Å²) in [7, 11) is 0. The molecule has 0 radical (unpaired) electrons. The van der Waals surface area contributed by atoms with Crippen LogP contribution >= 0.6 is 11.8 Å². The van der Waals surface area contributed by atoms with Gasteiger partial charge in [0.2, 0.25) is 0 Å². The number of likely N-dealkylation sites (tertiary alicyclic amines) is 1. The lowest BCUT2D eigenvalue weighted by Crippen LogP contribution is -2.50. The summed E-state index contributed by atoms with van der Waals surface area (Å²) >= 11 is 2.07. The second kappa shape index (κ2) is 8.44. The van der Waals surface area contributed by atoms with Gasteiger partial charge in [0.15, 0.2) is 0 Å². The summed E-state index contributed by atoms with van der Waals surface area (Å²) in [5.74, 6) is 3.43.